The van der Waals surface area contributed by atoms with Crippen molar-refractivity contribution in [2.75, 3.05) is 27.2 Å². The zero-order valence-corrected chi connectivity index (χ0v) is 17.2. The monoisotopic (exact) mass is 372 g/mol. The first-order valence-electron chi connectivity index (χ1n) is 9.52. The van der Waals surface area contributed by atoms with Crippen LogP contribution < -0.4 is 10.1 Å². The third-order valence-corrected chi connectivity index (χ3v) is 4.62. The van der Waals surface area contributed by atoms with Crippen molar-refractivity contribution in [2.45, 2.75) is 39.7 Å². The third kappa shape index (κ3) is 6.27. The molecule has 0 atom stereocenters. The number of methoxy groups -OCH3 is 1. The molecule has 0 spiro atoms. The van der Waals surface area contributed by atoms with Crippen molar-refractivity contribution in [1.29, 1.82) is 0 Å². The van der Waals surface area contributed by atoms with E-state index in [4.69, 9.17) is 9.73 Å². The van der Waals surface area contributed by atoms with E-state index in [0.717, 1.165) is 55.7 Å². The highest BCUT2D eigenvalue weighted by Crippen LogP contribution is 2.11. The van der Waals surface area contributed by atoms with Gasteiger partial charge in [-0.25, -0.2) is 4.99 Å². The molecule has 1 N–H and O–H groups in total. The van der Waals surface area contributed by atoms with Crippen LogP contribution in [0, 0.1) is 6.92 Å². The molecular weight excluding hydrogens is 340 g/mol. The van der Waals surface area contributed by atoms with Crippen molar-refractivity contribution in [1.82, 2.24) is 25.0 Å². The zero-order valence-electron chi connectivity index (χ0n) is 17.2. The molecule has 0 aliphatic heterocycles. The van der Waals surface area contributed by atoms with Crippen LogP contribution in [0.4, 0.5) is 0 Å². The van der Waals surface area contributed by atoms with Gasteiger partial charge in [-0.2, -0.15) is 0 Å². The molecule has 2 aromatic rings. The molecule has 2 rings (SSSR count). The summed E-state index contributed by atoms with van der Waals surface area (Å²) in [5, 5.41) is 11.8. The van der Waals surface area contributed by atoms with E-state index in [0.29, 0.717) is 6.54 Å². The Balaban J connectivity index is 1.98. The summed E-state index contributed by atoms with van der Waals surface area (Å²) in [4.78, 5) is 6.95. The van der Waals surface area contributed by atoms with Crippen molar-refractivity contribution in [2.24, 2.45) is 12.0 Å². The summed E-state index contributed by atoms with van der Waals surface area (Å²) in [6.45, 7) is 6.45. The van der Waals surface area contributed by atoms with Gasteiger partial charge in [0.15, 0.2) is 11.8 Å². The molecule has 1 aromatic carbocycles. The number of rotatable bonds is 9. The van der Waals surface area contributed by atoms with E-state index < -0.39 is 0 Å². The molecule has 1 aromatic heterocycles. The van der Waals surface area contributed by atoms with E-state index >= 15 is 0 Å². The minimum atomic E-state index is 0.513. The molecule has 27 heavy (non-hydrogen) atoms. The molecule has 7 heteroatoms. The molecule has 0 saturated carbocycles. The van der Waals surface area contributed by atoms with Gasteiger partial charge in [0.05, 0.1) is 7.11 Å². The van der Waals surface area contributed by atoms with Crippen LogP contribution >= 0.6 is 0 Å². The van der Waals surface area contributed by atoms with Gasteiger partial charge in [-0.05, 0) is 37.5 Å². The lowest BCUT2D eigenvalue weighted by molar-refractivity contribution is 0.414. The number of aliphatic imine (C=N–C) groups is 1. The first-order chi connectivity index (χ1) is 13.0. The second-order valence-corrected chi connectivity index (χ2v) is 6.66. The van der Waals surface area contributed by atoms with E-state index in [-0.39, 0.29) is 0 Å². The van der Waals surface area contributed by atoms with E-state index in [1.807, 2.05) is 30.7 Å². The lowest BCUT2D eigenvalue weighted by Gasteiger charge is -2.22. The van der Waals surface area contributed by atoms with E-state index in [9.17, 15) is 0 Å². The maximum atomic E-state index is 5.21. The van der Waals surface area contributed by atoms with Crippen LogP contribution in [0.1, 0.15) is 37.0 Å². The standard InChI is InChI=1S/C20H32N6O/c1-6-7-14-25(3)20(22-15-19-24-23-16(2)26(19)4)21-13-12-17-8-10-18(27-5)11-9-17/h8-11H,6-7,12-15H2,1-5H3,(H,21,22). The molecule has 1 heterocycles. The molecule has 0 aliphatic rings. The van der Waals surface area contributed by atoms with Crippen LogP contribution in [0.3, 0.4) is 0 Å². The van der Waals surface area contributed by atoms with Crippen LogP contribution in [0.5, 0.6) is 5.75 Å². The van der Waals surface area contributed by atoms with Crippen LogP contribution in [-0.2, 0) is 20.0 Å². The average Bonchev–Trinajstić information content (AvgIpc) is 3.01. The summed E-state index contributed by atoms with van der Waals surface area (Å²) in [7, 11) is 5.73. The fraction of sp³-hybridized carbons (Fsp3) is 0.550. The van der Waals surface area contributed by atoms with Crippen LogP contribution in [0.25, 0.3) is 0 Å². The maximum absolute atomic E-state index is 5.21. The number of nitrogens with zero attached hydrogens (tertiary/aromatic N) is 5. The molecule has 0 aliphatic carbocycles. The van der Waals surface area contributed by atoms with Crippen molar-refractivity contribution >= 4 is 5.96 Å². The van der Waals surface area contributed by atoms with Crippen LogP contribution in [-0.4, -0.2) is 52.9 Å². The smallest absolute Gasteiger partial charge is 0.194 e. The molecule has 0 fully saturated rings. The number of aryl methyl sites for hydroxylation is 1. The summed E-state index contributed by atoms with van der Waals surface area (Å²) in [6.07, 6.45) is 3.22. The number of unbranched alkanes of at least 4 members (excludes halogenated alkanes) is 1. The fourth-order valence-corrected chi connectivity index (χ4v) is 2.66. The van der Waals surface area contributed by atoms with Gasteiger partial charge >= 0.3 is 0 Å². The van der Waals surface area contributed by atoms with Gasteiger partial charge in [0, 0.05) is 27.2 Å². The number of ether oxygens (including phenoxy) is 1. The first-order valence-corrected chi connectivity index (χ1v) is 9.52. The minimum absolute atomic E-state index is 0.513. The van der Waals surface area contributed by atoms with Gasteiger partial charge in [-0.1, -0.05) is 25.5 Å². The third-order valence-electron chi connectivity index (χ3n) is 4.62. The average molecular weight is 373 g/mol. The second-order valence-electron chi connectivity index (χ2n) is 6.66. The SMILES string of the molecule is CCCCN(C)C(=NCc1nnc(C)n1C)NCCc1ccc(OC)cc1. The van der Waals surface area contributed by atoms with Crippen LogP contribution in [0.2, 0.25) is 0 Å². The Morgan fingerprint density at radius 2 is 2.00 bits per heavy atom. The molecule has 0 saturated heterocycles. The van der Waals surface area contributed by atoms with Gasteiger partial charge in [-0.15, -0.1) is 10.2 Å². The Morgan fingerprint density at radius 1 is 1.26 bits per heavy atom. The lowest BCUT2D eigenvalue weighted by Crippen LogP contribution is -2.40. The Labute approximate surface area is 162 Å². The number of benzene rings is 1. The van der Waals surface area contributed by atoms with E-state index in [2.05, 4.69) is 46.5 Å². The van der Waals surface area contributed by atoms with Crippen molar-refractivity contribution in [3.8, 4) is 5.75 Å². The van der Waals surface area contributed by atoms with Gasteiger partial charge in [0.2, 0.25) is 0 Å². The molecule has 148 valence electrons. The highest BCUT2D eigenvalue weighted by atomic mass is 16.5. The van der Waals surface area contributed by atoms with Gasteiger partial charge < -0.3 is 19.5 Å². The Hall–Kier alpha value is -2.57. The van der Waals surface area contributed by atoms with Gasteiger partial charge in [0.1, 0.15) is 18.1 Å². The lowest BCUT2D eigenvalue weighted by atomic mass is 10.1. The van der Waals surface area contributed by atoms with E-state index in [1.54, 1.807) is 7.11 Å². The highest BCUT2D eigenvalue weighted by molar-refractivity contribution is 5.79. The molecule has 0 radical (unpaired) electrons. The first kappa shape index (κ1) is 20.7. The second kappa shape index (κ2) is 10.5. The number of nitrogens with one attached hydrogen (secondary N) is 1. The Morgan fingerprint density at radius 3 is 2.59 bits per heavy atom. The van der Waals surface area contributed by atoms with Crippen molar-refractivity contribution < 1.29 is 4.74 Å². The largest absolute Gasteiger partial charge is 0.497 e. The zero-order chi connectivity index (χ0) is 19.6. The predicted octanol–water partition coefficient (Wildman–Crippen LogP) is 2.55. The predicted molar refractivity (Wildman–Crippen MR) is 109 cm³/mol. The van der Waals surface area contributed by atoms with Crippen LogP contribution in [0.15, 0.2) is 29.3 Å². The van der Waals surface area contributed by atoms with E-state index in [1.165, 1.54) is 5.56 Å². The summed E-state index contributed by atoms with van der Waals surface area (Å²) in [5.41, 5.74) is 1.27. The molecule has 0 unspecified atom stereocenters. The summed E-state index contributed by atoms with van der Waals surface area (Å²) in [5.74, 6) is 3.55. The van der Waals surface area contributed by atoms with Crippen molar-refractivity contribution in [3.63, 3.8) is 0 Å². The quantitative estimate of drug-likeness (QED) is 0.541. The summed E-state index contributed by atoms with van der Waals surface area (Å²) >= 11 is 0. The molecule has 0 bridgehead atoms. The highest BCUT2D eigenvalue weighted by Gasteiger charge is 2.08. The van der Waals surface area contributed by atoms with Gasteiger partial charge in [0.25, 0.3) is 0 Å². The summed E-state index contributed by atoms with van der Waals surface area (Å²) in [6, 6.07) is 8.18. The maximum Gasteiger partial charge on any atom is 0.194 e. The number of guanidine groups is 1. The Kier molecular flexibility index (Phi) is 8.10. The Bertz CT molecular complexity index is 723. The van der Waals surface area contributed by atoms with Crippen molar-refractivity contribution in [3.05, 3.63) is 41.5 Å². The number of aromatic nitrogens is 3. The minimum Gasteiger partial charge on any atom is -0.497 e. The summed E-state index contributed by atoms with van der Waals surface area (Å²) < 4.78 is 7.19. The number of hydrogen-bond acceptors (Lipinski definition) is 4. The topological polar surface area (TPSA) is 67.6 Å². The normalized spacial score (nSPS) is 11.5. The molecular formula is C20H32N6O. The number of hydrogen-bond donors (Lipinski definition) is 1. The van der Waals surface area contributed by atoms with Gasteiger partial charge in [-0.3, -0.25) is 0 Å². The fourth-order valence-electron chi connectivity index (χ4n) is 2.66. The molecule has 7 nitrogen and oxygen atoms in total. The molecule has 0 amide bonds.